The largest absolute Gasteiger partial charge is 0.384 e. The van der Waals surface area contributed by atoms with Gasteiger partial charge in [-0.15, -0.1) is 0 Å². The number of nitrogens with one attached hydrogen (secondary N) is 1. The molecule has 7 nitrogen and oxygen atoms in total. The third-order valence-electron chi connectivity index (χ3n) is 5.23. The Balaban J connectivity index is 1.51. The number of pyridine rings is 1. The van der Waals surface area contributed by atoms with E-state index < -0.39 is 5.60 Å². The average molecular weight is 424 g/mol. The van der Waals surface area contributed by atoms with Crippen LogP contribution in [0.1, 0.15) is 36.5 Å². The maximum atomic E-state index is 13.0. The van der Waals surface area contributed by atoms with Crippen LogP contribution < -0.4 is 10.2 Å². The van der Waals surface area contributed by atoms with Gasteiger partial charge in [0.05, 0.1) is 17.9 Å². The van der Waals surface area contributed by atoms with Crippen molar-refractivity contribution in [1.29, 1.82) is 0 Å². The van der Waals surface area contributed by atoms with E-state index in [1.807, 2.05) is 38.1 Å². The molecule has 1 aliphatic heterocycles. The van der Waals surface area contributed by atoms with E-state index >= 15 is 0 Å². The molecule has 1 aliphatic rings. The molecule has 0 fully saturated rings. The number of aliphatic hydroxyl groups is 1. The van der Waals surface area contributed by atoms with Crippen molar-refractivity contribution in [2.75, 3.05) is 23.3 Å². The van der Waals surface area contributed by atoms with E-state index in [9.17, 15) is 9.90 Å². The van der Waals surface area contributed by atoms with Crippen molar-refractivity contribution < 1.29 is 9.90 Å². The maximum absolute atomic E-state index is 13.0. The first kappa shape index (κ1) is 20.4. The predicted molar refractivity (Wildman–Crippen MR) is 119 cm³/mol. The number of anilines is 2. The zero-order valence-corrected chi connectivity index (χ0v) is 18.4. The Kier molecular flexibility index (Phi) is 5.29. The van der Waals surface area contributed by atoms with Crippen LogP contribution in [0.2, 0.25) is 0 Å². The van der Waals surface area contributed by atoms with E-state index in [1.54, 1.807) is 24.9 Å². The Labute approximate surface area is 180 Å². The highest BCUT2D eigenvalue weighted by atomic mass is 32.1. The molecule has 2 N–H and O–H groups in total. The molecule has 4 rings (SSSR count). The van der Waals surface area contributed by atoms with Gasteiger partial charge in [-0.1, -0.05) is 12.1 Å². The maximum Gasteiger partial charge on any atom is 0.246 e. The lowest BCUT2D eigenvalue weighted by atomic mass is 9.98. The van der Waals surface area contributed by atoms with Gasteiger partial charge in [-0.25, -0.2) is 4.98 Å². The van der Waals surface area contributed by atoms with Gasteiger partial charge in [-0.05, 0) is 63.3 Å². The third-order valence-corrected chi connectivity index (χ3v) is 6.09. The number of rotatable bonds is 5. The molecule has 3 aromatic rings. The smallest absolute Gasteiger partial charge is 0.246 e. The van der Waals surface area contributed by atoms with Gasteiger partial charge in [0.25, 0.3) is 0 Å². The van der Waals surface area contributed by atoms with Crippen molar-refractivity contribution in [1.82, 2.24) is 14.3 Å². The topological polar surface area (TPSA) is 91.2 Å². The summed E-state index contributed by atoms with van der Waals surface area (Å²) in [5.74, 6) is 0.742. The monoisotopic (exact) mass is 423 g/mol. The number of hydrogen-bond acceptors (Lipinski definition) is 7. The van der Waals surface area contributed by atoms with Gasteiger partial charge >= 0.3 is 0 Å². The lowest BCUT2D eigenvalue weighted by Gasteiger charge is -2.22. The highest BCUT2D eigenvalue weighted by Crippen LogP contribution is 2.34. The quantitative estimate of drug-likeness (QED) is 0.653. The lowest BCUT2D eigenvalue weighted by Crippen LogP contribution is -2.34. The van der Waals surface area contributed by atoms with Crippen molar-refractivity contribution in [3.63, 3.8) is 0 Å². The minimum Gasteiger partial charge on any atom is -0.384 e. The van der Waals surface area contributed by atoms with Crippen molar-refractivity contribution in [2.45, 2.75) is 39.7 Å². The minimum absolute atomic E-state index is 0.0155. The first-order chi connectivity index (χ1) is 14.2. The molecule has 0 spiro atoms. The number of carbonyl (C=O) groups excluding carboxylic acids is 1. The summed E-state index contributed by atoms with van der Waals surface area (Å²) in [6.45, 7) is 8.09. The molecule has 1 aromatic carbocycles. The SMILES string of the molecule is Cc1nsc(-c2ccc(C)c(NCC(=O)N3CCc4c3ccnc4C(C)(C)O)c2)n1. The first-order valence-electron chi connectivity index (χ1n) is 9.90. The lowest BCUT2D eigenvalue weighted by molar-refractivity contribution is -0.116. The Morgan fingerprint density at radius 2 is 2.10 bits per heavy atom. The normalized spacial score (nSPS) is 13.4. The summed E-state index contributed by atoms with van der Waals surface area (Å²) in [6.07, 6.45) is 2.35. The fraction of sp³-hybridized carbons (Fsp3) is 0.364. The summed E-state index contributed by atoms with van der Waals surface area (Å²) in [6, 6.07) is 7.89. The molecule has 0 bridgehead atoms. The number of fused-ring (bicyclic) bond motifs is 1. The molecule has 0 radical (unpaired) electrons. The van der Waals surface area contributed by atoms with Crippen LogP contribution in [0, 0.1) is 13.8 Å². The molecule has 0 atom stereocenters. The number of aryl methyl sites for hydroxylation is 2. The van der Waals surface area contributed by atoms with Crippen LogP contribution in [0.15, 0.2) is 30.5 Å². The van der Waals surface area contributed by atoms with E-state index in [-0.39, 0.29) is 12.5 Å². The second-order valence-electron chi connectivity index (χ2n) is 8.04. The van der Waals surface area contributed by atoms with Gasteiger partial charge in [0.1, 0.15) is 16.4 Å². The van der Waals surface area contributed by atoms with E-state index in [0.717, 1.165) is 38.9 Å². The molecule has 1 amide bonds. The zero-order chi connectivity index (χ0) is 21.5. The highest BCUT2D eigenvalue weighted by molar-refractivity contribution is 7.09. The van der Waals surface area contributed by atoms with E-state index in [4.69, 9.17) is 0 Å². The molecule has 8 heteroatoms. The summed E-state index contributed by atoms with van der Waals surface area (Å²) in [5, 5.41) is 14.5. The molecule has 30 heavy (non-hydrogen) atoms. The molecule has 156 valence electrons. The molecule has 0 aliphatic carbocycles. The van der Waals surface area contributed by atoms with Crippen molar-refractivity contribution in [3.05, 3.63) is 53.1 Å². The van der Waals surface area contributed by atoms with Crippen LogP contribution in [0.25, 0.3) is 10.6 Å². The van der Waals surface area contributed by atoms with Crippen LogP contribution in [-0.2, 0) is 16.8 Å². The van der Waals surface area contributed by atoms with E-state index in [2.05, 4.69) is 19.7 Å². The number of aromatic nitrogens is 3. The van der Waals surface area contributed by atoms with Crippen molar-refractivity contribution in [3.8, 4) is 10.6 Å². The van der Waals surface area contributed by atoms with Crippen molar-refractivity contribution in [2.24, 2.45) is 0 Å². The number of nitrogens with zero attached hydrogens (tertiary/aromatic N) is 4. The summed E-state index contributed by atoms with van der Waals surface area (Å²) >= 11 is 1.37. The molecule has 0 saturated carbocycles. The average Bonchev–Trinajstić information content (AvgIpc) is 3.32. The van der Waals surface area contributed by atoms with Crippen LogP contribution in [-0.4, -0.2) is 38.4 Å². The highest BCUT2D eigenvalue weighted by Gasteiger charge is 2.31. The molecule has 0 unspecified atom stereocenters. The fourth-order valence-electron chi connectivity index (χ4n) is 3.74. The van der Waals surface area contributed by atoms with Crippen LogP contribution in [0.3, 0.4) is 0 Å². The van der Waals surface area contributed by atoms with Crippen LogP contribution in [0.4, 0.5) is 11.4 Å². The Morgan fingerprint density at radius 3 is 2.80 bits per heavy atom. The summed E-state index contributed by atoms with van der Waals surface area (Å²) in [5.41, 5.74) is 4.33. The fourth-order valence-corrected chi connectivity index (χ4v) is 4.40. The van der Waals surface area contributed by atoms with E-state index in [0.29, 0.717) is 18.7 Å². The molecule has 2 aromatic heterocycles. The summed E-state index contributed by atoms with van der Waals surface area (Å²) < 4.78 is 4.24. The zero-order valence-electron chi connectivity index (χ0n) is 17.6. The Bertz CT molecular complexity index is 1100. The minimum atomic E-state index is -1.04. The van der Waals surface area contributed by atoms with Crippen molar-refractivity contribution >= 4 is 28.8 Å². The molecular weight excluding hydrogens is 398 g/mol. The standard InChI is InChI=1S/C22H25N5O2S/c1-13-5-6-15(21-25-14(2)26-30-21)11-17(13)24-12-19(28)27-10-8-16-18(27)7-9-23-20(16)22(3,4)29/h5-7,9,11,24,29H,8,10,12H2,1-4H3. The van der Waals surface area contributed by atoms with Gasteiger partial charge < -0.3 is 15.3 Å². The second-order valence-corrected chi connectivity index (χ2v) is 8.79. The summed E-state index contributed by atoms with van der Waals surface area (Å²) in [4.78, 5) is 23.5. The first-order valence-corrected chi connectivity index (χ1v) is 10.7. The summed E-state index contributed by atoms with van der Waals surface area (Å²) in [7, 11) is 0. The third kappa shape index (κ3) is 3.93. The predicted octanol–water partition coefficient (Wildman–Crippen LogP) is 3.45. The van der Waals surface area contributed by atoms with Gasteiger partial charge in [0, 0.05) is 29.6 Å². The molecule has 0 saturated heterocycles. The number of carbonyl (C=O) groups is 1. The van der Waals surface area contributed by atoms with Gasteiger partial charge in [0.2, 0.25) is 5.91 Å². The molecule has 3 heterocycles. The Hall–Kier alpha value is -2.84. The van der Waals surface area contributed by atoms with Crippen LogP contribution in [0.5, 0.6) is 0 Å². The molecular formula is C22H25N5O2S. The number of benzene rings is 1. The van der Waals surface area contributed by atoms with Gasteiger partial charge in [-0.2, -0.15) is 4.37 Å². The van der Waals surface area contributed by atoms with Crippen LogP contribution >= 0.6 is 11.5 Å². The Morgan fingerprint density at radius 1 is 1.30 bits per heavy atom. The number of hydrogen-bond donors (Lipinski definition) is 2. The van der Waals surface area contributed by atoms with Gasteiger partial charge in [-0.3, -0.25) is 9.78 Å². The second kappa shape index (κ2) is 7.77. The van der Waals surface area contributed by atoms with Gasteiger partial charge in [0.15, 0.2) is 0 Å². The number of amides is 1. The van der Waals surface area contributed by atoms with E-state index in [1.165, 1.54) is 11.5 Å².